The third kappa shape index (κ3) is 4.67. The molecule has 0 saturated carbocycles. The van der Waals surface area contributed by atoms with Gasteiger partial charge in [0.15, 0.2) is 29.2 Å². The van der Waals surface area contributed by atoms with E-state index in [0.29, 0.717) is 30.9 Å². The highest BCUT2D eigenvalue weighted by molar-refractivity contribution is 5.86. The summed E-state index contributed by atoms with van der Waals surface area (Å²) < 4.78 is 42.6. The first-order valence-corrected chi connectivity index (χ1v) is 14.0. The number of nitrogens with zero attached hydrogens (tertiary/aromatic N) is 1. The van der Waals surface area contributed by atoms with Gasteiger partial charge in [0.2, 0.25) is 0 Å². The third-order valence-corrected chi connectivity index (χ3v) is 8.30. The van der Waals surface area contributed by atoms with Crippen LogP contribution >= 0.6 is 0 Å². The lowest BCUT2D eigenvalue weighted by atomic mass is 9.87. The van der Waals surface area contributed by atoms with Crippen molar-refractivity contribution < 1.29 is 38.0 Å². The van der Waals surface area contributed by atoms with E-state index in [1.807, 2.05) is 49.1 Å². The maximum atomic E-state index is 14.7. The number of methoxy groups -OCH3 is 2. The molecule has 0 bridgehead atoms. The molecule has 3 saturated heterocycles. The fourth-order valence-electron chi connectivity index (χ4n) is 6.55. The fourth-order valence-corrected chi connectivity index (χ4v) is 6.55. The lowest BCUT2D eigenvalue weighted by Gasteiger charge is -2.41. The molecular formula is C31H39NO8. The average Bonchev–Trinajstić information content (AvgIpc) is 3.37. The highest BCUT2D eigenvalue weighted by Crippen LogP contribution is 2.51. The van der Waals surface area contributed by atoms with Gasteiger partial charge < -0.3 is 38.1 Å². The highest BCUT2D eigenvalue weighted by Gasteiger charge is 2.72. The normalized spacial score (nSPS) is 31.7. The molecule has 216 valence electrons. The number of hydrogen-bond donors (Lipinski definition) is 0. The summed E-state index contributed by atoms with van der Waals surface area (Å²) in [4.78, 5) is 16.7. The maximum absolute atomic E-state index is 14.7. The number of benzene rings is 2. The smallest absolute Gasteiger partial charge is 0.286 e. The molecule has 0 spiro atoms. The minimum atomic E-state index is -1.64. The zero-order valence-electron chi connectivity index (χ0n) is 24.1. The molecule has 0 radical (unpaired) electrons. The number of rotatable bonds is 6. The molecule has 0 aromatic heterocycles. The van der Waals surface area contributed by atoms with Crippen molar-refractivity contribution in [2.75, 3.05) is 27.4 Å². The molecule has 5 atom stereocenters. The molecular weight excluding hydrogens is 514 g/mol. The Hall–Kier alpha value is -2.69. The van der Waals surface area contributed by atoms with Crippen LogP contribution in [0.1, 0.15) is 56.8 Å². The number of carbonyl (C=O) groups excluding carboxylic acids is 1. The Morgan fingerprint density at radius 3 is 2.42 bits per heavy atom. The van der Waals surface area contributed by atoms with Gasteiger partial charge in [0.05, 0.1) is 26.9 Å². The largest absolute Gasteiger partial charge is 0.493 e. The molecule has 6 rings (SSSR count). The van der Waals surface area contributed by atoms with Crippen molar-refractivity contribution in [1.29, 1.82) is 0 Å². The van der Waals surface area contributed by atoms with Crippen molar-refractivity contribution in [2.45, 2.75) is 88.7 Å². The molecule has 3 fully saturated rings. The van der Waals surface area contributed by atoms with E-state index in [2.05, 4.69) is 12.1 Å². The number of fused-ring (bicyclic) bond motifs is 4. The number of amides is 1. The van der Waals surface area contributed by atoms with E-state index in [0.717, 1.165) is 17.5 Å². The van der Waals surface area contributed by atoms with Crippen molar-refractivity contribution in [1.82, 2.24) is 4.90 Å². The minimum absolute atomic E-state index is 0.238. The molecule has 4 aliphatic heterocycles. The van der Waals surface area contributed by atoms with Gasteiger partial charge in [-0.2, -0.15) is 0 Å². The average molecular weight is 554 g/mol. The van der Waals surface area contributed by atoms with Gasteiger partial charge >= 0.3 is 0 Å². The molecule has 1 amide bonds. The van der Waals surface area contributed by atoms with Gasteiger partial charge in [0.1, 0.15) is 12.2 Å². The maximum Gasteiger partial charge on any atom is 0.286 e. The Kier molecular flexibility index (Phi) is 6.86. The van der Waals surface area contributed by atoms with E-state index in [-0.39, 0.29) is 18.6 Å². The molecule has 9 nitrogen and oxygen atoms in total. The van der Waals surface area contributed by atoms with Crippen LogP contribution < -0.4 is 9.47 Å². The van der Waals surface area contributed by atoms with E-state index >= 15 is 0 Å². The predicted octanol–water partition coefficient (Wildman–Crippen LogP) is 4.16. The molecule has 0 aliphatic carbocycles. The molecule has 4 heterocycles. The Morgan fingerprint density at radius 1 is 0.975 bits per heavy atom. The van der Waals surface area contributed by atoms with Crippen LogP contribution in [0, 0.1) is 0 Å². The Balaban J connectivity index is 1.38. The predicted molar refractivity (Wildman–Crippen MR) is 145 cm³/mol. The third-order valence-electron chi connectivity index (χ3n) is 8.30. The molecule has 40 heavy (non-hydrogen) atoms. The summed E-state index contributed by atoms with van der Waals surface area (Å²) in [5, 5.41) is 0. The van der Waals surface area contributed by atoms with Crippen molar-refractivity contribution in [2.24, 2.45) is 0 Å². The van der Waals surface area contributed by atoms with Gasteiger partial charge in [0, 0.05) is 6.54 Å². The lowest BCUT2D eigenvalue weighted by Crippen LogP contribution is -2.57. The van der Waals surface area contributed by atoms with Crippen molar-refractivity contribution in [3.05, 3.63) is 59.2 Å². The SMILES string of the molecule is COc1cc2c(cc1OC)[C@@H](CCc1ccccc1)N(C(=O)[C@@]13O[C@H]4COC(C)(C)O[C@H]4[C@@H]1OC(C)(C)O3)CC2. The monoisotopic (exact) mass is 553 g/mol. The summed E-state index contributed by atoms with van der Waals surface area (Å²) >= 11 is 0. The fraction of sp³-hybridized carbons (Fsp3) is 0.581. The quantitative estimate of drug-likeness (QED) is 0.527. The van der Waals surface area contributed by atoms with Gasteiger partial charge in [0.25, 0.3) is 11.7 Å². The van der Waals surface area contributed by atoms with Crippen molar-refractivity contribution in [3.63, 3.8) is 0 Å². The van der Waals surface area contributed by atoms with E-state index in [9.17, 15) is 4.79 Å². The van der Waals surface area contributed by atoms with Crippen molar-refractivity contribution >= 4 is 5.91 Å². The molecule has 9 heteroatoms. The van der Waals surface area contributed by atoms with Gasteiger partial charge in [-0.05, 0) is 75.8 Å². The van der Waals surface area contributed by atoms with E-state index in [4.69, 9.17) is 33.2 Å². The van der Waals surface area contributed by atoms with Crippen LogP contribution in [0.5, 0.6) is 11.5 Å². The van der Waals surface area contributed by atoms with Crippen LogP contribution in [0.3, 0.4) is 0 Å². The Labute approximate surface area is 235 Å². The molecule has 2 aromatic carbocycles. The summed E-state index contributed by atoms with van der Waals surface area (Å²) in [5.74, 6) is -2.43. The summed E-state index contributed by atoms with van der Waals surface area (Å²) in [6, 6.07) is 14.1. The topological polar surface area (TPSA) is 84.9 Å². The molecule has 2 aromatic rings. The first-order valence-electron chi connectivity index (χ1n) is 14.0. The summed E-state index contributed by atoms with van der Waals surface area (Å²) in [5.41, 5.74) is 3.38. The van der Waals surface area contributed by atoms with Crippen LogP contribution in [0.4, 0.5) is 0 Å². The second kappa shape index (κ2) is 9.99. The van der Waals surface area contributed by atoms with Gasteiger partial charge in [-0.3, -0.25) is 4.79 Å². The van der Waals surface area contributed by atoms with E-state index in [1.54, 1.807) is 28.1 Å². The standard InChI is InChI=1S/C31H39NO8/c1-29(2)36-18-25-26(38-29)27-31(37-25,40-30(3,4)39-27)28(33)32-15-14-20-16-23(34-5)24(35-6)17-21(20)22(32)13-12-19-10-8-7-9-11-19/h7-11,16-17,22,25-27H,12-15,18H2,1-6H3/t22-,25+,26-,27+,31-/m1/s1. The first kappa shape index (κ1) is 27.5. The Morgan fingerprint density at radius 2 is 1.70 bits per heavy atom. The zero-order chi connectivity index (χ0) is 28.3. The number of carbonyl (C=O) groups is 1. The highest BCUT2D eigenvalue weighted by atomic mass is 16.9. The Bertz CT molecular complexity index is 1260. The summed E-state index contributed by atoms with van der Waals surface area (Å²) in [7, 11) is 3.26. The zero-order valence-corrected chi connectivity index (χ0v) is 24.1. The van der Waals surface area contributed by atoms with Crippen LogP contribution in [-0.2, 0) is 41.3 Å². The van der Waals surface area contributed by atoms with Crippen molar-refractivity contribution in [3.8, 4) is 11.5 Å². The van der Waals surface area contributed by atoms with Crippen LogP contribution in [-0.4, -0.2) is 73.9 Å². The molecule has 0 unspecified atom stereocenters. The van der Waals surface area contributed by atoms with Crippen LogP contribution in [0.2, 0.25) is 0 Å². The van der Waals surface area contributed by atoms with Crippen LogP contribution in [0.25, 0.3) is 0 Å². The van der Waals surface area contributed by atoms with Gasteiger partial charge in [-0.1, -0.05) is 30.3 Å². The second-order valence-electron chi connectivity index (χ2n) is 11.9. The van der Waals surface area contributed by atoms with Gasteiger partial charge in [-0.25, -0.2) is 0 Å². The molecule has 4 aliphatic rings. The lowest BCUT2D eigenvalue weighted by molar-refractivity contribution is -0.325. The number of hydrogen-bond acceptors (Lipinski definition) is 8. The molecule has 0 N–H and O–H groups in total. The van der Waals surface area contributed by atoms with Gasteiger partial charge in [-0.15, -0.1) is 0 Å². The van der Waals surface area contributed by atoms with Crippen LogP contribution in [0.15, 0.2) is 42.5 Å². The minimum Gasteiger partial charge on any atom is -0.493 e. The first-order chi connectivity index (χ1) is 19.1. The van der Waals surface area contributed by atoms with E-state index in [1.165, 1.54) is 5.56 Å². The second-order valence-corrected chi connectivity index (χ2v) is 11.9. The number of ether oxygens (including phenoxy) is 7. The summed E-state index contributed by atoms with van der Waals surface area (Å²) in [6.45, 7) is 8.11. The van der Waals surface area contributed by atoms with E-state index < -0.39 is 35.7 Å². The summed E-state index contributed by atoms with van der Waals surface area (Å²) in [6.07, 6.45) is 0.446. The number of aryl methyl sites for hydroxylation is 1.